The van der Waals surface area contributed by atoms with Gasteiger partial charge in [-0.2, -0.15) is 0 Å². The van der Waals surface area contributed by atoms with E-state index >= 15 is 0 Å². The first-order chi connectivity index (χ1) is 10.5. The van der Waals surface area contributed by atoms with E-state index in [9.17, 15) is 4.79 Å². The molecule has 22 heavy (non-hydrogen) atoms. The van der Waals surface area contributed by atoms with Gasteiger partial charge in [-0.3, -0.25) is 0 Å². The number of rotatable bonds is 6. The van der Waals surface area contributed by atoms with Crippen molar-refractivity contribution < 1.29 is 19.4 Å². The fraction of sp³-hybridized carbons (Fsp3) is 0.278. The molecule has 0 amide bonds. The molecule has 0 atom stereocenters. The molecule has 4 nitrogen and oxygen atoms in total. The van der Waals surface area contributed by atoms with Crippen LogP contribution in [0.4, 0.5) is 0 Å². The number of aromatic carboxylic acids is 1. The zero-order chi connectivity index (χ0) is 16.1. The number of carbonyl (C=O) groups is 1. The molecule has 0 aromatic heterocycles. The summed E-state index contributed by atoms with van der Waals surface area (Å²) in [5.74, 6) is 0.443. The van der Waals surface area contributed by atoms with Crippen molar-refractivity contribution in [1.82, 2.24) is 0 Å². The van der Waals surface area contributed by atoms with Crippen molar-refractivity contribution in [2.24, 2.45) is 0 Å². The molecule has 0 unspecified atom stereocenters. The molecule has 0 aliphatic heterocycles. The summed E-state index contributed by atoms with van der Waals surface area (Å²) in [6.45, 7) is 6.74. The Balaban J connectivity index is 2.20. The summed E-state index contributed by atoms with van der Waals surface area (Å²) in [6.07, 6.45) is 0. The molecule has 0 heterocycles. The maximum Gasteiger partial charge on any atom is 0.335 e. The third-order valence-corrected chi connectivity index (χ3v) is 3.48. The van der Waals surface area contributed by atoms with Gasteiger partial charge >= 0.3 is 5.97 Å². The van der Waals surface area contributed by atoms with Crippen molar-refractivity contribution >= 4 is 5.97 Å². The minimum atomic E-state index is -0.963. The third-order valence-electron chi connectivity index (χ3n) is 3.48. The van der Waals surface area contributed by atoms with Gasteiger partial charge in [0.25, 0.3) is 0 Å². The van der Waals surface area contributed by atoms with Gasteiger partial charge < -0.3 is 14.6 Å². The summed E-state index contributed by atoms with van der Waals surface area (Å²) in [6, 6.07) is 10.7. The van der Waals surface area contributed by atoms with Crippen molar-refractivity contribution in [3.05, 3.63) is 58.7 Å². The van der Waals surface area contributed by atoms with Gasteiger partial charge in [0.05, 0.1) is 12.2 Å². The molecule has 0 spiro atoms. The Morgan fingerprint density at radius 2 is 1.82 bits per heavy atom. The van der Waals surface area contributed by atoms with Gasteiger partial charge in [-0.25, -0.2) is 4.79 Å². The van der Waals surface area contributed by atoms with Crippen molar-refractivity contribution in [1.29, 1.82) is 0 Å². The van der Waals surface area contributed by atoms with E-state index in [-0.39, 0.29) is 12.2 Å². The summed E-state index contributed by atoms with van der Waals surface area (Å²) in [5, 5.41) is 9.10. The van der Waals surface area contributed by atoms with E-state index < -0.39 is 5.97 Å². The van der Waals surface area contributed by atoms with Crippen molar-refractivity contribution in [3.8, 4) is 11.5 Å². The average molecular weight is 300 g/mol. The number of ether oxygens (including phenoxy) is 2. The molecular weight excluding hydrogens is 280 g/mol. The Bertz CT molecular complexity index is 677. The van der Waals surface area contributed by atoms with Gasteiger partial charge in [0.1, 0.15) is 18.1 Å². The van der Waals surface area contributed by atoms with Gasteiger partial charge in [0.15, 0.2) is 0 Å². The molecule has 0 saturated heterocycles. The largest absolute Gasteiger partial charge is 0.493 e. The van der Waals surface area contributed by atoms with Gasteiger partial charge in [0.2, 0.25) is 0 Å². The SMILES string of the molecule is CCOc1ccc(C(=O)O)cc1COc1ccc(C)c(C)c1. The molecule has 0 fully saturated rings. The third kappa shape index (κ3) is 3.79. The quantitative estimate of drug-likeness (QED) is 0.876. The molecule has 0 bridgehead atoms. The van der Waals surface area contributed by atoms with Crippen LogP contribution in [-0.4, -0.2) is 17.7 Å². The lowest BCUT2D eigenvalue weighted by Crippen LogP contribution is -2.04. The Morgan fingerprint density at radius 3 is 2.45 bits per heavy atom. The summed E-state index contributed by atoms with van der Waals surface area (Å²) >= 11 is 0. The van der Waals surface area contributed by atoms with Gasteiger partial charge in [-0.05, 0) is 62.2 Å². The molecule has 0 saturated carbocycles. The van der Waals surface area contributed by atoms with E-state index in [0.717, 1.165) is 16.9 Å². The van der Waals surface area contributed by atoms with Crippen LogP contribution in [0.5, 0.6) is 11.5 Å². The molecule has 2 rings (SSSR count). The first kappa shape index (κ1) is 15.9. The fourth-order valence-corrected chi connectivity index (χ4v) is 2.09. The minimum absolute atomic E-state index is 0.224. The van der Waals surface area contributed by atoms with Crippen LogP contribution in [0, 0.1) is 13.8 Å². The van der Waals surface area contributed by atoms with Gasteiger partial charge in [-0.1, -0.05) is 6.07 Å². The summed E-state index contributed by atoms with van der Waals surface area (Å²) in [7, 11) is 0. The van der Waals surface area contributed by atoms with E-state index in [0.29, 0.717) is 12.4 Å². The Kier molecular flexibility index (Phi) is 5.04. The van der Waals surface area contributed by atoms with Crippen molar-refractivity contribution in [2.45, 2.75) is 27.4 Å². The zero-order valence-corrected chi connectivity index (χ0v) is 13.1. The average Bonchev–Trinajstić information content (AvgIpc) is 2.49. The number of hydrogen-bond acceptors (Lipinski definition) is 3. The number of carboxylic acids is 1. The highest BCUT2D eigenvalue weighted by Crippen LogP contribution is 2.24. The first-order valence-electron chi connectivity index (χ1n) is 7.20. The molecule has 4 heteroatoms. The predicted molar refractivity (Wildman–Crippen MR) is 84.8 cm³/mol. The van der Waals surface area contributed by atoms with Crippen molar-refractivity contribution in [3.63, 3.8) is 0 Å². The highest BCUT2D eigenvalue weighted by atomic mass is 16.5. The maximum absolute atomic E-state index is 11.1. The number of hydrogen-bond donors (Lipinski definition) is 1. The van der Waals surface area contributed by atoms with E-state index in [1.54, 1.807) is 12.1 Å². The Morgan fingerprint density at radius 1 is 1.05 bits per heavy atom. The standard InChI is InChI=1S/C18H20O4/c1-4-21-17-8-6-14(18(19)20)10-15(17)11-22-16-7-5-12(2)13(3)9-16/h5-10H,4,11H2,1-3H3,(H,19,20). The molecular formula is C18H20O4. The molecule has 116 valence electrons. The predicted octanol–water partition coefficient (Wildman–Crippen LogP) is 3.98. The Hall–Kier alpha value is -2.49. The number of carboxylic acid groups (broad SMARTS) is 1. The lowest BCUT2D eigenvalue weighted by molar-refractivity contribution is 0.0696. The fourth-order valence-electron chi connectivity index (χ4n) is 2.09. The molecule has 2 aromatic carbocycles. The second kappa shape index (κ2) is 6.98. The minimum Gasteiger partial charge on any atom is -0.493 e. The highest BCUT2D eigenvalue weighted by Gasteiger charge is 2.10. The topological polar surface area (TPSA) is 55.8 Å². The second-order valence-corrected chi connectivity index (χ2v) is 5.10. The molecule has 0 radical (unpaired) electrons. The number of aryl methyl sites for hydroxylation is 2. The van der Waals surface area contributed by atoms with Crippen LogP contribution >= 0.6 is 0 Å². The lowest BCUT2D eigenvalue weighted by Gasteiger charge is -2.13. The summed E-state index contributed by atoms with van der Waals surface area (Å²) < 4.78 is 11.3. The van der Waals surface area contributed by atoms with Crippen LogP contribution in [0.15, 0.2) is 36.4 Å². The molecule has 0 aliphatic rings. The number of benzene rings is 2. The zero-order valence-electron chi connectivity index (χ0n) is 13.1. The summed E-state index contributed by atoms with van der Waals surface area (Å²) in [4.78, 5) is 11.1. The van der Waals surface area contributed by atoms with E-state index in [2.05, 4.69) is 0 Å². The van der Waals surface area contributed by atoms with Gasteiger partial charge in [0, 0.05) is 5.56 Å². The lowest BCUT2D eigenvalue weighted by atomic mass is 10.1. The van der Waals surface area contributed by atoms with Crippen LogP contribution in [0.25, 0.3) is 0 Å². The van der Waals surface area contributed by atoms with Crippen LogP contribution in [0.2, 0.25) is 0 Å². The van der Waals surface area contributed by atoms with E-state index in [1.165, 1.54) is 11.6 Å². The Labute approximate surface area is 130 Å². The highest BCUT2D eigenvalue weighted by molar-refractivity contribution is 5.88. The van der Waals surface area contributed by atoms with E-state index in [1.807, 2.05) is 39.0 Å². The molecule has 2 aromatic rings. The second-order valence-electron chi connectivity index (χ2n) is 5.10. The van der Waals surface area contributed by atoms with Gasteiger partial charge in [-0.15, -0.1) is 0 Å². The summed E-state index contributed by atoms with van der Waals surface area (Å²) in [5.41, 5.74) is 3.30. The van der Waals surface area contributed by atoms with Crippen LogP contribution in [0.3, 0.4) is 0 Å². The van der Waals surface area contributed by atoms with Crippen molar-refractivity contribution in [2.75, 3.05) is 6.61 Å². The molecule has 0 aliphatic carbocycles. The maximum atomic E-state index is 11.1. The monoisotopic (exact) mass is 300 g/mol. The smallest absolute Gasteiger partial charge is 0.335 e. The normalized spacial score (nSPS) is 10.3. The van der Waals surface area contributed by atoms with Crippen LogP contribution in [0.1, 0.15) is 34.0 Å². The molecule has 1 N–H and O–H groups in total. The van der Waals surface area contributed by atoms with E-state index in [4.69, 9.17) is 14.6 Å². The van der Waals surface area contributed by atoms with Crippen LogP contribution in [-0.2, 0) is 6.61 Å². The first-order valence-corrected chi connectivity index (χ1v) is 7.20. The van der Waals surface area contributed by atoms with Crippen LogP contribution < -0.4 is 9.47 Å².